The van der Waals surface area contributed by atoms with Gasteiger partial charge in [-0.3, -0.25) is 14.5 Å². The number of methoxy groups -OCH3 is 1. The van der Waals surface area contributed by atoms with E-state index in [1.54, 1.807) is 7.11 Å². The molecular formula is C28H40N2O5. The van der Waals surface area contributed by atoms with Crippen LogP contribution in [0.3, 0.4) is 0 Å². The summed E-state index contributed by atoms with van der Waals surface area (Å²) >= 11 is 0. The molecule has 2 aromatic carbocycles. The van der Waals surface area contributed by atoms with Gasteiger partial charge in [0.25, 0.3) is 0 Å². The Balaban J connectivity index is 1.37. The van der Waals surface area contributed by atoms with E-state index in [0.29, 0.717) is 25.9 Å². The molecule has 1 amide bonds. The predicted molar refractivity (Wildman–Crippen MR) is 137 cm³/mol. The lowest BCUT2D eigenvalue weighted by molar-refractivity contribution is -0.140. The third kappa shape index (κ3) is 9.70. The Labute approximate surface area is 209 Å². The number of aliphatic hydroxyl groups is 1. The number of carbonyl (C=O) groups excluding carboxylic acids is 1. The summed E-state index contributed by atoms with van der Waals surface area (Å²) in [4.78, 5) is 19.5. The molecule has 1 aliphatic heterocycles. The molecule has 2 atom stereocenters. The van der Waals surface area contributed by atoms with Gasteiger partial charge in [-0.15, -0.1) is 0 Å². The Morgan fingerprint density at radius 1 is 1.06 bits per heavy atom. The van der Waals surface area contributed by atoms with Crippen LogP contribution in [0.15, 0.2) is 48.5 Å². The van der Waals surface area contributed by atoms with E-state index < -0.39 is 6.10 Å². The summed E-state index contributed by atoms with van der Waals surface area (Å²) in [6.07, 6.45) is 2.77. The fourth-order valence-electron chi connectivity index (χ4n) is 4.15. The minimum absolute atomic E-state index is 0.154. The molecule has 1 fully saturated rings. The summed E-state index contributed by atoms with van der Waals surface area (Å²) in [5.74, 6) is -0.154. The van der Waals surface area contributed by atoms with E-state index in [1.807, 2.05) is 19.1 Å². The average molecular weight is 485 g/mol. The van der Waals surface area contributed by atoms with Gasteiger partial charge >= 0.3 is 0 Å². The largest absolute Gasteiger partial charge is 0.388 e. The first-order valence-corrected chi connectivity index (χ1v) is 12.7. The molecular weight excluding hydrogens is 444 g/mol. The number of ether oxygens (including phenoxy) is 2. The highest BCUT2D eigenvalue weighted by Crippen LogP contribution is 2.25. The van der Waals surface area contributed by atoms with Gasteiger partial charge in [-0.2, -0.15) is 0 Å². The number of hydrogen-bond acceptors (Lipinski definition) is 6. The molecule has 35 heavy (non-hydrogen) atoms. The van der Waals surface area contributed by atoms with Crippen molar-refractivity contribution < 1.29 is 24.2 Å². The highest BCUT2D eigenvalue weighted by Gasteiger charge is 2.11. The van der Waals surface area contributed by atoms with Crippen LogP contribution in [0, 0.1) is 0 Å². The zero-order valence-corrected chi connectivity index (χ0v) is 21.1. The molecule has 2 N–H and O–H groups in total. The van der Waals surface area contributed by atoms with Crippen molar-refractivity contribution in [2.24, 2.45) is 0 Å². The van der Waals surface area contributed by atoms with E-state index >= 15 is 0 Å². The van der Waals surface area contributed by atoms with Crippen molar-refractivity contribution in [3.8, 4) is 11.1 Å². The Kier molecular flexibility index (Phi) is 11.7. The van der Waals surface area contributed by atoms with Crippen LogP contribution < -0.4 is 5.48 Å². The zero-order chi connectivity index (χ0) is 24.9. The maximum Gasteiger partial charge on any atom is 0.243 e. The van der Waals surface area contributed by atoms with Gasteiger partial charge in [-0.25, -0.2) is 5.48 Å². The summed E-state index contributed by atoms with van der Waals surface area (Å²) in [5, 5.41) is 10.5. The first-order chi connectivity index (χ1) is 17.0. The fourth-order valence-corrected chi connectivity index (χ4v) is 4.15. The van der Waals surface area contributed by atoms with Crippen LogP contribution in [0.4, 0.5) is 0 Å². The topological polar surface area (TPSA) is 80.3 Å². The number of nitrogens with zero attached hydrogens (tertiary/aromatic N) is 1. The number of morpholine rings is 1. The van der Waals surface area contributed by atoms with Crippen molar-refractivity contribution in [3.63, 3.8) is 0 Å². The van der Waals surface area contributed by atoms with Gasteiger partial charge in [0.1, 0.15) is 6.10 Å². The van der Waals surface area contributed by atoms with Gasteiger partial charge in [-0.1, -0.05) is 55.0 Å². The lowest BCUT2D eigenvalue weighted by Gasteiger charge is -2.26. The lowest BCUT2D eigenvalue weighted by Crippen LogP contribution is -2.37. The number of benzene rings is 2. The molecule has 0 radical (unpaired) electrons. The molecule has 2 aromatic rings. The van der Waals surface area contributed by atoms with Gasteiger partial charge in [-0.05, 0) is 48.4 Å². The quantitative estimate of drug-likeness (QED) is 0.313. The second-order valence-electron chi connectivity index (χ2n) is 9.19. The first-order valence-electron chi connectivity index (χ1n) is 12.7. The van der Waals surface area contributed by atoms with E-state index in [-0.39, 0.29) is 12.0 Å². The summed E-state index contributed by atoms with van der Waals surface area (Å²) in [7, 11) is 1.59. The number of unbranched alkanes of at least 4 members (excludes halogenated alkanes) is 1. The molecule has 0 saturated carbocycles. The minimum atomic E-state index is -0.535. The van der Waals surface area contributed by atoms with Crippen molar-refractivity contribution in [1.29, 1.82) is 0 Å². The number of hydroxylamine groups is 1. The molecule has 0 aromatic heterocycles. The minimum Gasteiger partial charge on any atom is -0.388 e. The number of rotatable bonds is 14. The highest BCUT2D eigenvalue weighted by molar-refractivity contribution is 5.74. The van der Waals surface area contributed by atoms with E-state index in [4.69, 9.17) is 14.3 Å². The standard InChI is InChI=1S/C28H40N2O5/c1-22(21-33-2)35-29-28(32)6-4-3-5-27(31)26-13-11-25(12-14-26)24-9-7-23(8-10-24)15-16-30-17-19-34-20-18-30/h7-14,22,27,31H,3-6,15-21H2,1-2H3,(H,29,32)/t22-,27-/m1/s1. The van der Waals surface area contributed by atoms with E-state index in [1.165, 1.54) is 11.1 Å². The first kappa shape index (κ1) is 27.3. The van der Waals surface area contributed by atoms with Crippen LogP contribution in [0.2, 0.25) is 0 Å². The summed E-state index contributed by atoms with van der Waals surface area (Å²) < 4.78 is 10.4. The number of carbonyl (C=O) groups is 1. The van der Waals surface area contributed by atoms with E-state index in [2.05, 4.69) is 46.8 Å². The van der Waals surface area contributed by atoms with Crippen LogP contribution in [-0.4, -0.2) is 68.6 Å². The highest BCUT2D eigenvalue weighted by atomic mass is 16.7. The monoisotopic (exact) mass is 484 g/mol. The maximum absolute atomic E-state index is 11.8. The Hall–Kier alpha value is -2.29. The van der Waals surface area contributed by atoms with Gasteiger partial charge in [0.05, 0.1) is 25.9 Å². The third-order valence-electron chi connectivity index (χ3n) is 6.31. The van der Waals surface area contributed by atoms with E-state index in [9.17, 15) is 9.90 Å². The molecule has 1 saturated heterocycles. The van der Waals surface area contributed by atoms with Crippen LogP contribution in [0.1, 0.15) is 49.8 Å². The molecule has 0 aliphatic carbocycles. The SMILES string of the molecule is COC[C@@H](C)ONC(=O)CCCC[C@@H](O)c1ccc(-c2ccc(CCN3CCOCC3)cc2)cc1. The van der Waals surface area contributed by atoms with Crippen molar-refractivity contribution in [3.05, 3.63) is 59.7 Å². The number of hydrogen-bond donors (Lipinski definition) is 2. The Bertz CT molecular complexity index is 866. The summed E-state index contributed by atoms with van der Waals surface area (Å²) in [6, 6.07) is 16.9. The van der Waals surface area contributed by atoms with Crippen LogP contribution in [-0.2, 0) is 25.5 Å². The third-order valence-corrected chi connectivity index (χ3v) is 6.31. The second-order valence-corrected chi connectivity index (χ2v) is 9.19. The average Bonchev–Trinajstić information content (AvgIpc) is 2.90. The summed E-state index contributed by atoms with van der Waals surface area (Å²) in [6.45, 7) is 7.04. The number of amides is 1. The van der Waals surface area contributed by atoms with Crippen LogP contribution in [0.25, 0.3) is 11.1 Å². The van der Waals surface area contributed by atoms with Crippen molar-refractivity contribution in [1.82, 2.24) is 10.4 Å². The molecule has 1 heterocycles. The number of nitrogens with one attached hydrogen (secondary N) is 1. The second kappa shape index (κ2) is 15.0. The smallest absolute Gasteiger partial charge is 0.243 e. The predicted octanol–water partition coefficient (Wildman–Crippen LogP) is 3.90. The molecule has 0 bridgehead atoms. The molecule has 0 unspecified atom stereocenters. The summed E-state index contributed by atoms with van der Waals surface area (Å²) in [5.41, 5.74) is 7.00. The van der Waals surface area contributed by atoms with Crippen LogP contribution >= 0.6 is 0 Å². The Morgan fingerprint density at radius 2 is 1.71 bits per heavy atom. The molecule has 3 rings (SSSR count). The molecule has 7 heteroatoms. The molecule has 0 spiro atoms. The molecule has 7 nitrogen and oxygen atoms in total. The lowest BCUT2D eigenvalue weighted by atomic mass is 9.98. The van der Waals surface area contributed by atoms with Crippen molar-refractivity contribution in [2.75, 3.05) is 46.6 Å². The van der Waals surface area contributed by atoms with Gasteiger partial charge in [0.2, 0.25) is 5.91 Å². The number of aliphatic hydroxyl groups excluding tert-OH is 1. The van der Waals surface area contributed by atoms with Gasteiger partial charge < -0.3 is 14.6 Å². The van der Waals surface area contributed by atoms with Crippen LogP contribution in [0.5, 0.6) is 0 Å². The zero-order valence-electron chi connectivity index (χ0n) is 21.1. The van der Waals surface area contributed by atoms with E-state index in [0.717, 1.165) is 56.8 Å². The Morgan fingerprint density at radius 3 is 2.37 bits per heavy atom. The molecule has 1 aliphatic rings. The normalized spacial score (nSPS) is 16.1. The maximum atomic E-state index is 11.8. The van der Waals surface area contributed by atoms with Gasteiger partial charge in [0.15, 0.2) is 0 Å². The van der Waals surface area contributed by atoms with Crippen molar-refractivity contribution in [2.45, 2.75) is 51.2 Å². The molecule has 192 valence electrons. The fraction of sp³-hybridized carbons (Fsp3) is 0.536. The van der Waals surface area contributed by atoms with Crippen molar-refractivity contribution >= 4 is 5.91 Å². The van der Waals surface area contributed by atoms with Gasteiger partial charge in [0, 0.05) is 33.2 Å².